The summed E-state index contributed by atoms with van der Waals surface area (Å²) in [6, 6.07) is 5.81. The van der Waals surface area contributed by atoms with Gasteiger partial charge >= 0.3 is 0 Å². The Morgan fingerprint density at radius 1 is 1.38 bits per heavy atom. The van der Waals surface area contributed by atoms with Crippen LogP contribution in [0.1, 0.15) is 5.69 Å². The zero-order valence-electron chi connectivity index (χ0n) is 13.9. The highest BCUT2D eigenvalue weighted by Crippen LogP contribution is 2.31. The molecule has 0 aliphatic carbocycles. The summed E-state index contributed by atoms with van der Waals surface area (Å²) in [5.41, 5.74) is 2.72. The van der Waals surface area contributed by atoms with Crippen molar-refractivity contribution < 1.29 is 9.53 Å². The first-order valence-electron chi connectivity index (χ1n) is 8.12. The summed E-state index contributed by atoms with van der Waals surface area (Å²) in [6.07, 6.45) is 3.71. The van der Waals surface area contributed by atoms with E-state index in [1.807, 2.05) is 40.8 Å². The van der Waals surface area contributed by atoms with E-state index < -0.39 is 0 Å². The molecule has 126 valence electrons. The zero-order chi connectivity index (χ0) is 16.7. The smallest absolute Gasteiger partial charge is 0.246 e. The van der Waals surface area contributed by atoms with Gasteiger partial charge in [0.05, 0.1) is 31.5 Å². The molecule has 24 heavy (non-hydrogen) atoms. The fourth-order valence-electron chi connectivity index (χ4n) is 3.40. The first-order valence-corrected chi connectivity index (χ1v) is 8.12. The molecule has 1 aromatic heterocycles. The van der Waals surface area contributed by atoms with Gasteiger partial charge in [-0.1, -0.05) is 0 Å². The molecule has 3 heterocycles. The van der Waals surface area contributed by atoms with Crippen molar-refractivity contribution in [3.8, 4) is 11.4 Å². The summed E-state index contributed by atoms with van der Waals surface area (Å²) >= 11 is 0. The van der Waals surface area contributed by atoms with E-state index in [4.69, 9.17) is 4.74 Å². The average molecular weight is 327 g/mol. The third kappa shape index (κ3) is 2.46. The predicted octanol–water partition coefficient (Wildman–Crippen LogP) is 0.767. The number of carbonyl (C=O) groups is 1. The van der Waals surface area contributed by atoms with Crippen LogP contribution in [0.3, 0.4) is 0 Å². The number of aromatic nitrogens is 2. The van der Waals surface area contributed by atoms with Crippen LogP contribution in [-0.4, -0.2) is 59.8 Å². The first-order chi connectivity index (χ1) is 11.7. The molecule has 1 unspecified atom stereocenters. The molecule has 0 spiro atoms. The summed E-state index contributed by atoms with van der Waals surface area (Å²) in [6.45, 7) is 5.14. The monoisotopic (exact) mass is 327 g/mol. The maximum absolute atomic E-state index is 12.7. The Kier molecular flexibility index (Phi) is 3.74. The van der Waals surface area contributed by atoms with Crippen LogP contribution in [-0.2, 0) is 4.79 Å². The lowest BCUT2D eigenvalue weighted by atomic mass is 10.2. The summed E-state index contributed by atoms with van der Waals surface area (Å²) in [7, 11) is 1.64. The van der Waals surface area contributed by atoms with E-state index in [-0.39, 0.29) is 11.9 Å². The Labute approximate surface area is 140 Å². The summed E-state index contributed by atoms with van der Waals surface area (Å²) < 4.78 is 7.48. The van der Waals surface area contributed by atoms with E-state index in [0.717, 1.165) is 42.5 Å². The second-order valence-corrected chi connectivity index (χ2v) is 6.22. The van der Waals surface area contributed by atoms with Gasteiger partial charge in [-0.15, -0.1) is 0 Å². The summed E-state index contributed by atoms with van der Waals surface area (Å²) in [5, 5.41) is 3.29. The molecule has 0 radical (unpaired) electrons. The molecule has 1 amide bonds. The summed E-state index contributed by atoms with van der Waals surface area (Å²) in [5.74, 6) is 0.871. The van der Waals surface area contributed by atoms with Crippen molar-refractivity contribution in [3.05, 3.63) is 36.4 Å². The van der Waals surface area contributed by atoms with Gasteiger partial charge in [0.15, 0.2) is 0 Å². The molecule has 2 fully saturated rings. The molecular weight excluding hydrogens is 306 g/mol. The molecule has 0 saturated carbocycles. The van der Waals surface area contributed by atoms with Crippen LogP contribution in [0.15, 0.2) is 30.7 Å². The molecule has 2 saturated heterocycles. The lowest BCUT2D eigenvalue weighted by Gasteiger charge is -2.26. The number of fused-ring (bicyclic) bond motifs is 1. The van der Waals surface area contributed by atoms with Gasteiger partial charge in [-0.05, 0) is 19.1 Å². The van der Waals surface area contributed by atoms with Gasteiger partial charge in [0, 0.05) is 37.6 Å². The Morgan fingerprint density at radius 2 is 2.25 bits per heavy atom. The Hall–Kier alpha value is -2.38. The maximum atomic E-state index is 12.7. The van der Waals surface area contributed by atoms with E-state index in [9.17, 15) is 4.79 Å². The molecule has 2 aromatic rings. The predicted molar refractivity (Wildman–Crippen MR) is 90.6 cm³/mol. The third-order valence-electron chi connectivity index (χ3n) is 4.69. The number of rotatable bonds is 3. The highest BCUT2D eigenvalue weighted by molar-refractivity contribution is 5.99. The van der Waals surface area contributed by atoms with Crippen LogP contribution in [0.5, 0.6) is 5.75 Å². The normalized spacial score (nSPS) is 21.2. The van der Waals surface area contributed by atoms with Crippen molar-refractivity contribution in [1.82, 2.24) is 19.8 Å². The van der Waals surface area contributed by atoms with Gasteiger partial charge in [0.1, 0.15) is 11.8 Å². The van der Waals surface area contributed by atoms with E-state index in [1.54, 1.807) is 13.4 Å². The number of aryl methyl sites for hydroxylation is 1. The standard InChI is InChI=1S/C17H21N5O2/c1-12-9-21(10-19-12)14-4-3-13(7-16(14)24-2)22-11-20-6-5-18-8-15(20)17(22)23/h3-4,7,9-10,15,18H,5-6,8,11H2,1-2H3. The number of hydrogen-bond donors (Lipinski definition) is 1. The van der Waals surface area contributed by atoms with Gasteiger partial charge in [0.2, 0.25) is 5.91 Å². The number of benzene rings is 1. The number of nitrogens with zero attached hydrogens (tertiary/aromatic N) is 4. The molecule has 1 atom stereocenters. The molecule has 7 nitrogen and oxygen atoms in total. The first kappa shape index (κ1) is 15.2. The van der Waals surface area contributed by atoms with Crippen molar-refractivity contribution in [1.29, 1.82) is 0 Å². The Balaban J connectivity index is 1.66. The Morgan fingerprint density at radius 3 is 2.96 bits per heavy atom. The van der Waals surface area contributed by atoms with Gasteiger partial charge in [-0.3, -0.25) is 14.6 Å². The van der Waals surface area contributed by atoms with Crippen molar-refractivity contribution in [3.63, 3.8) is 0 Å². The second-order valence-electron chi connectivity index (χ2n) is 6.22. The lowest BCUT2D eigenvalue weighted by molar-refractivity contribution is -0.119. The van der Waals surface area contributed by atoms with Crippen molar-refractivity contribution in [2.24, 2.45) is 0 Å². The van der Waals surface area contributed by atoms with E-state index in [1.165, 1.54) is 0 Å². The topological polar surface area (TPSA) is 62.6 Å². The minimum atomic E-state index is -0.0549. The molecule has 2 aliphatic rings. The number of hydrogen-bond acceptors (Lipinski definition) is 5. The molecule has 2 aliphatic heterocycles. The summed E-state index contributed by atoms with van der Waals surface area (Å²) in [4.78, 5) is 21.0. The number of anilines is 1. The van der Waals surface area contributed by atoms with E-state index in [2.05, 4.69) is 15.2 Å². The fourth-order valence-corrected chi connectivity index (χ4v) is 3.40. The number of nitrogens with one attached hydrogen (secondary N) is 1. The zero-order valence-corrected chi connectivity index (χ0v) is 13.9. The lowest BCUT2D eigenvalue weighted by Crippen LogP contribution is -2.50. The third-order valence-corrected chi connectivity index (χ3v) is 4.69. The van der Waals surface area contributed by atoms with Gasteiger partial charge < -0.3 is 14.6 Å². The second kappa shape index (κ2) is 5.92. The maximum Gasteiger partial charge on any atom is 0.246 e. The van der Waals surface area contributed by atoms with Gasteiger partial charge in [0.25, 0.3) is 0 Å². The molecule has 4 rings (SSSR count). The van der Waals surface area contributed by atoms with Crippen LogP contribution >= 0.6 is 0 Å². The van der Waals surface area contributed by atoms with Crippen molar-refractivity contribution >= 4 is 11.6 Å². The number of piperazine rings is 1. The Bertz CT molecular complexity index is 772. The van der Waals surface area contributed by atoms with Crippen molar-refractivity contribution in [2.75, 3.05) is 38.3 Å². The highest BCUT2D eigenvalue weighted by Gasteiger charge is 2.40. The highest BCUT2D eigenvalue weighted by atomic mass is 16.5. The molecule has 1 aromatic carbocycles. The van der Waals surface area contributed by atoms with Crippen LogP contribution in [0.4, 0.5) is 5.69 Å². The quantitative estimate of drug-likeness (QED) is 0.902. The van der Waals surface area contributed by atoms with E-state index >= 15 is 0 Å². The SMILES string of the molecule is COc1cc(N2CN3CCNCC3C2=O)ccc1-n1cnc(C)c1. The number of imidazole rings is 1. The number of ether oxygens (including phenoxy) is 1. The number of methoxy groups -OCH3 is 1. The molecule has 7 heteroatoms. The van der Waals surface area contributed by atoms with Crippen LogP contribution in [0.25, 0.3) is 5.69 Å². The largest absolute Gasteiger partial charge is 0.494 e. The minimum Gasteiger partial charge on any atom is -0.494 e. The number of carbonyl (C=O) groups excluding carboxylic acids is 1. The molecule has 1 N–H and O–H groups in total. The van der Waals surface area contributed by atoms with Gasteiger partial charge in [-0.25, -0.2) is 4.98 Å². The molecular formula is C17H21N5O2. The molecule has 0 bridgehead atoms. The average Bonchev–Trinajstić information content (AvgIpc) is 3.18. The van der Waals surface area contributed by atoms with E-state index in [0.29, 0.717) is 6.67 Å². The van der Waals surface area contributed by atoms with Crippen LogP contribution in [0, 0.1) is 6.92 Å². The van der Waals surface area contributed by atoms with Gasteiger partial charge in [-0.2, -0.15) is 0 Å². The van der Waals surface area contributed by atoms with Crippen LogP contribution in [0.2, 0.25) is 0 Å². The fraction of sp³-hybridized carbons (Fsp3) is 0.412. The number of amides is 1. The minimum absolute atomic E-state index is 0.0549. The van der Waals surface area contributed by atoms with Crippen LogP contribution < -0.4 is 15.0 Å². The van der Waals surface area contributed by atoms with Crippen molar-refractivity contribution in [2.45, 2.75) is 13.0 Å².